The lowest BCUT2D eigenvalue weighted by molar-refractivity contribution is -0.137. The van der Waals surface area contributed by atoms with Gasteiger partial charge in [-0.3, -0.25) is 9.59 Å². The number of hydrogen-bond acceptors (Lipinski definition) is 3. The van der Waals surface area contributed by atoms with Crippen molar-refractivity contribution in [3.8, 4) is 0 Å². The van der Waals surface area contributed by atoms with E-state index in [4.69, 9.17) is 16.3 Å². The van der Waals surface area contributed by atoms with Gasteiger partial charge in [0.25, 0.3) is 0 Å². The zero-order valence-electron chi connectivity index (χ0n) is 15.0. The summed E-state index contributed by atoms with van der Waals surface area (Å²) in [6.07, 6.45) is 3.27. The molecular weight excluding hydrogens is 352 g/mol. The van der Waals surface area contributed by atoms with E-state index in [1.54, 1.807) is 0 Å². The van der Waals surface area contributed by atoms with Crippen molar-refractivity contribution < 1.29 is 14.3 Å². The Morgan fingerprint density at radius 1 is 1.23 bits per heavy atom. The van der Waals surface area contributed by atoms with Crippen molar-refractivity contribution in [2.24, 2.45) is 11.3 Å². The summed E-state index contributed by atoms with van der Waals surface area (Å²) in [6, 6.07) is 7.69. The molecule has 1 aromatic carbocycles. The second-order valence-corrected chi connectivity index (χ2v) is 8.38. The molecular formula is C20H25ClN2O3. The number of amides is 2. The molecule has 2 amide bonds. The second kappa shape index (κ2) is 7.20. The lowest BCUT2D eigenvalue weighted by atomic mass is 9.77. The minimum absolute atomic E-state index is 0.0342. The number of ether oxygens (including phenoxy) is 1. The zero-order valence-corrected chi connectivity index (χ0v) is 15.7. The first kappa shape index (κ1) is 17.8. The lowest BCUT2D eigenvalue weighted by Crippen LogP contribution is -2.46. The van der Waals surface area contributed by atoms with Gasteiger partial charge in [0, 0.05) is 49.6 Å². The molecule has 6 heteroatoms. The van der Waals surface area contributed by atoms with E-state index in [-0.39, 0.29) is 23.1 Å². The zero-order chi connectivity index (χ0) is 18.1. The summed E-state index contributed by atoms with van der Waals surface area (Å²) >= 11 is 5.94. The highest BCUT2D eigenvalue weighted by molar-refractivity contribution is 6.30. The predicted octanol–water partition coefficient (Wildman–Crippen LogP) is 2.72. The Hall–Kier alpha value is -1.59. The molecule has 0 radical (unpaired) electrons. The Labute approximate surface area is 159 Å². The van der Waals surface area contributed by atoms with E-state index in [0.717, 1.165) is 44.5 Å². The van der Waals surface area contributed by atoms with Gasteiger partial charge in [0.15, 0.2) is 0 Å². The van der Waals surface area contributed by atoms with Crippen molar-refractivity contribution in [3.63, 3.8) is 0 Å². The molecule has 5 nitrogen and oxygen atoms in total. The van der Waals surface area contributed by atoms with Gasteiger partial charge in [-0.25, -0.2) is 0 Å². The van der Waals surface area contributed by atoms with Crippen molar-refractivity contribution in [2.75, 3.05) is 32.8 Å². The van der Waals surface area contributed by atoms with E-state index in [1.165, 1.54) is 0 Å². The highest BCUT2D eigenvalue weighted by atomic mass is 35.5. The van der Waals surface area contributed by atoms with Crippen LogP contribution in [0.2, 0.25) is 5.02 Å². The number of rotatable bonds is 3. The number of piperidine rings is 1. The molecule has 0 bridgehead atoms. The van der Waals surface area contributed by atoms with Crippen LogP contribution >= 0.6 is 11.6 Å². The molecule has 1 atom stereocenters. The Morgan fingerprint density at radius 3 is 2.62 bits per heavy atom. The maximum Gasteiger partial charge on any atom is 0.228 e. The van der Waals surface area contributed by atoms with Gasteiger partial charge in [-0.2, -0.15) is 0 Å². The Balaban J connectivity index is 1.34. The molecule has 0 aromatic heterocycles. The van der Waals surface area contributed by atoms with Gasteiger partial charge >= 0.3 is 0 Å². The minimum Gasteiger partial charge on any atom is -0.381 e. The van der Waals surface area contributed by atoms with Crippen molar-refractivity contribution in [2.45, 2.75) is 32.2 Å². The average molecular weight is 377 g/mol. The fourth-order valence-corrected chi connectivity index (χ4v) is 4.59. The number of benzene rings is 1. The predicted molar refractivity (Wildman–Crippen MR) is 98.7 cm³/mol. The maximum absolute atomic E-state index is 12.6. The first-order valence-corrected chi connectivity index (χ1v) is 9.81. The molecule has 0 N–H and O–H groups in total. The third-order valence-corrected chi connectivity index (χ3v) is 6.36. The normalized spacial score (nSPS) is 25.3. The van der Waals surface area contributed by atoms with Gasteiger partial charge < -0.3 is 14.5 Å². The Morgan fingerprint density at radius 2 is 1.96 bits per heavy atom. The van der Waals surface area contributed by atoms with Crippen molar-refractivity contribution in [3.05, 3.63) is 34.9 Å². The molecule has 3 aliphatic rings. The molecule has 1 aromatic rings. The monoisotopic (exact) mass is 376 g/mol. The number of likely N-dealkylation sites (tertiary alicyclic amines) is 2. The molecule has 0 saturated carbocycles. The van der Waals surface area contributed by atoms with Gasteiger partial charge in [0.1, 0.15) is 0 Å². The highest BCUT2D eigenvalue weighted by Gasteiger charge is 2.45. The topological polar surface area (TPSA) is 49.9 Å². The standard InChI is InChI=1S/C20H25ClN2O3/c21-17-3-1-15(2-4-17)12-23-14-20(11-18(23)24)6-8-22(9-7-20)19(25)16-5-10-26-13-16/h1-4,16H,5-14H2/t16-/m1/s1. The molecule has 3 aliphatic heterocycles. The molecule has 4 rings (SSSR count). The second-order valence-electron chi connectivity index (χ2n) is 7.94. The minimum atomic E-state index is 0.0342. The highest BCUT2D eigenvalue weighted by Crippen LogP contribution is 2.41. The van der Waals surface area contributed by atoms with Crippen LogP contribution in [0.5, 0.6) is 0 Å². The number of carbonyl (C=O) groups is 2. The summed E-state index contributed by atoms with van der Waals surface area (Å²) in [7, 11) is 0. The summed E-state index contributed by atoms with van der Waals surface area (Å²) < 4.78 is 5.35. The number of nitrogens with zero attached hydrogens (tertiary/aromatic N) is 2. The molecule has 3 heterocycles. The summed E-state index contributed by atoms with van der Waals surface area (Å²) in [6.45, 7) is 4.22. The quantitative estimate of drug-likeness (QED) is 0.815. The van der Waals surface area contributed by atoms with Crippen LogP contribution in [0.4, 0.5) is 0 Å². The number of hydrogen-bond donors (Lipinski definition) is 0. The van der Waals surface area contributed by atoms with Crippen LogP contribution in [-0.2, 0) is 20.9 Å². The molecule has 3 fully saturated rings. The fraction of sp³-hybridized carbons (Fsp3) is 0.600. The van der Waals surface area contributed by atoms with Crippen LogP contribution in [0.1, 0.15) is 31.2 Å². The molecule has 140 valence electrons. The summed E-state index contributed by atoms with van der Waals surface area (Å²) in [5.41, 5.74) is 1.14. The van der Waals surface area contributed by atoms with E-state index in [1.807, 2.05) is 34.1 Å². The number of carbonyl (C=O) groups excluding carboxylic acids is 2. The first-order valence-electron chi connectivity index (χ1n) is 9.43. The lowest BCUT2D eigenvalue weighted by Gasteiger charge is -2.39. The molecule has 1 spiro atoms. The van der Waals surface area contributed by atoms with Crippen LogP contribution in [0.25, 0.3) is 0 Å². The average Bonchev–Trinajstić information content (AvgIpc) is 3.26. The first-order chi connectivity index (χ1) is 12.5. The SMILES string of the molecule is O=C1CC2(CCN(C(=O)[C@@H]3CCOC3)CC2)CN1Cc1ccc(Cl)cc1. The van der Waals surface area contributed by atoms with Crippen molar-refractivity contribution >= 4 is 23.4 Å². The Kier molecular flexibility index (Phi) is 4.93. The summed E-state index contributed by atoms with van der Waals surface area (Å²) in [5, 5.41) is 0.711. The summed E-state index contributed by atoms with van der Waals surface area (Å²) in [5.74, 6) is 0.499. The largest absolute Gasteiger partial charge is 0.381 e. The van der Waals surface area contributed by atoms with Crippen LogP contribution in [0.15, 0.2) is 24.3 Å². The van der Waals surface area contributed by atoms with Gasteiger partial charge in [0.2, 0.25) is 11.8 Å². The van der Waals surface area contributed by atoms with E-state index in [0.29, 0.717) is 31.2 Å². The smallest absolute Gasteiger partial charge is 0.228 e. The van der Waals surface area contributed by atoms with Crippen LogP contribution < -0.4 is 0 Å². The van der Waals surface area contributed by atoms with Crippen LogP contribution in [0.3, 0.4) is 0 Å². The van der Waals surface area contributed by atoms with E-state index in [9.17, 15) is 9.59 Å². The fourth-order valence-electron chi connectivity index (χ4n) is 4.46. The van der Waals surface area contributed by atoms with E-state index >= 15 is 0 Å². The molecule has 26 heavy (non-hydrogen) atoms. The van der Waals surface area contributed by atoms with Gasteiger partial charge in [-0.05, 0) is 37.0 Å². The Bertz CT molecular complexity index is 677. The maximum atomic E-state index is 12.6. The number of halogens is 1. The van der Waals surface area contributed by atoms with E-state index < -0.39 is 0 Å². The van der Waals surface area contributed by atoms with Gasteiger partial charge in [-0.1, -0.05) is 23.7 Å². The van der Waals surface area contributed by atoms with Crippen molar-refractivity contribution in [1.82, 2.24) is 9.80 Å². The molecule has 0 unspecified atom stereocenters. The van der Waals surface area contributed by atoms with Gasteiger partial charge in [-0.15, -0.1) is 0 Å². The molecule has 3 saturated heterocycles. The summed E-state index contributed by atoms with van der Waals surface area (Å²) in [4.78, 5) is 29.1. The molecule has 0 aliphatic carbocycles. The van der Waals surface area contributed by atoms with Crippen LogP contribution in [0, 0.1) is 11.3 Å². The third-order valence-electron chi connectivity index (χ3n) is 6.11. The van der Waals surface area contributed by atoms with E-state index in [2.05, 4.69) is 0 Å². The van der Waals surface area contributed by atoms with Crippen molar-refractivity contribution in [1.29, 1.82) is 0 Å². The van der Waals surface area contributed by atoms with Gasteiger partial charge in [0.05, 0.1) is 12.5 Å². The third kappa shape index (κ3) is 3.60. The van der Waals surface area contributed by atoms with Crippen LogP contribution in [-0.4, -0.2) is 54.5 Å².